The molecule has 138 valence electrons. The van der Waals surface area contributed by atoms with Crippen molar-refractivity contribution in [1.29, 1.82) is 0 Å². The Morgan fingerprint density at radius 1 is 1.38 bits per heavy atom. The first-order valence-electron chi connectivity index (χ1n) is 8.59. The molecule has 8 nitrogen and oxygen atoms in total. The van der Waals surface area contributed by atoms with Crippen LogP contribution >= 0.6 is 0 Å². The molecule has 0 saturated carbocycles. The predicted molar refractivity (Wildman–Crippen MR) is 96.3 cm³/mol. The number of hydrogen-bond donors (Lipinski definition) is 2. The number of pyridine rings is 1. The van der Waals surface area contributed by atoms with Gasteiger partial charge in [-0.1, -0.05) is 0 Å². The van der Waals surface area contributed by atoms with E-state index in [1.54, 1.807) is 31.3 Å². The summed E-state index contributed by atoms with van der Waals surface area (Å²) in [5.74, 6) is 0.687. The highest BCUT2D eigenvalue weighted by Crippen LogP contribution is 2.24. The molecule has 1 saturated heterocycles. The smallest absolute Gasteiger partial charge is 0.257 e. The number of carbonyl (C=O) groups is 1. The Kier molecular flexibility index (Phi) is 5.62. The summed E-state index contributed by atoms with van der Waals surface area (Å²) < 4.78 is 5.40. The molecule has 0 radical (unpaired) electrons. The highest BCUT2D eigenvalue weighted by molar-refractivity contribution is 5.96. The zero-order valence-corrected chi connectivity index (χ0v) is 15.0. The third-order valence-corrected chi connectivity index (χ3v) is 4.39. The van der Waals surface area contributed by atoms with Crippen molar-refractivity contribution in [3.05, 3.63) is 41.6 Å². The number of amides is 1. The van der Waals surface area contributed by atoms with Gasteiger partial charge in [0.1, 0.15) is 17.9 Å². The fraction of sp³-hybridized carbons (Fsp3) is 0.444. The van der Waals surface area contributed by atoms with E-state index in [1.807, 2.05) is 6.07 Å². The molecule has 2 N–H and O–H groups in total. The fourth-order valence-corrected chi connectivity index (χ4v) is 2.84. The van der Waals surface area contributed by atoms with Crippen LogP contribution in [0.25, 0.3) is 0 Å². The normalized spacial score (nSPS) is 16.5. The molecule has 1 aliphatic rings. The molecule has 2 aromatic heterocycles. The third-order valence-electron chi connectivity index (χ3n) is 4.39. The average Bonchev–Trinajstić information content (AvgIpc) is 3.18. The molecular formula is C18H23N5O3. The van der Waals surface area contributed by atoms with Crippen LogP contribution in [0, 0.1) is 6.92 Å². The summed E-state index contributed by atoms with van der Waals surface area (Å²) in [5.41, 5.74) is 1.91. The van der Waals surface area contributed by atoms with Crippen LogP contribution < -0.4 is 5.32 Å². The molecule has 0 aromatic carbocycles. The molecule has 0 spiro atoms. The topological polar surface area (TPSA) is 100 Å². The second-order valence-electron chi connectivity index (χ2n) is 6.38. The van der Waals surface area contributed by atoms with E-state index in [1.165, 1.54) is 6.20 Å². The van der Waals surface area contributed by atoms with Crippen molar-refractivity contribution in [3.8, 4) is 5.75 Å². The Hall–Kier alpha value is -2.74. The van der Waals surface area contributed by atoms with Crippen molar-refractivity contribution in [3.63, 3.8) is 0 Å². The van der Waals surface area contributed by atoms with Crippen LogP contribution in [0.2, 0.25) is 0 Å². The minimum Gasteiger partial charge on any atom is -0.505 e. The van der Waals surface area contributed by atoms with E-state index in [0.717, 1.165) is 24.5 Å². The number of nitrogens with zero attached hydrogens (tertiary/aromatic N) is 4. The zero-order valence-electron chi connectivity index (χ0n) is 15.0. The number of nitrogens with one attached hydrogen (secondary N) is 1. The molecule has 0 bridgehead atoms. The van der Waals surface area contributed by atoms with Gasteiger partial charge in [0.25, 0.3) is 5.91 Å². The lowest BCUT2D eigenvalue weighted by atomic mass is 10.1. The highest BCUT2D eigenvalue weighted by Gasteiger charge is 2.20. The molecule has 1 amide bonds. The van der Waals surface area contributed by atoms with E-state index < -0.39 is 0 Å². The quantitative estimate of drug-likeness (QED) is 0.809. The lowest BCUT2D eigenvalue weighted by Gasteiger charge is -2.18. The summed E-state index contributed by atoms with van der Waals surface area (Å²) in [7, 11) is 1.69. The summed E-state index contributed by atoms with van der Waals surface area (Å²) in [5, 5.41) is 13.1. The summed E-state index contributed by atoms with van der Waals surface area (Å²) in [6.07, 6.45) is 3.81. The highest BCUT2D eigenvalue weighted by atomic mass is 16.5. The van der Waals surface area contributed by atoms with Crippen molar-refractivity contribution in [2.24, 2.45) is 0 Å². The Morgan fingerprint density at radius 3 is 3.00 bits per heavy atom. The molecular weight excluding hydrogens is 334 g/mol. The Labute approximate surface area is 152 Å². The minimum absolute atomic E-state index is 0.111. The van der Waals surface area contributed by atoms with E-state index in [4.69, 9.17) is 4.74 Å². The van der Waals surface area contributed by atoms with Gasteiger partial charge < -0.3 is 20.1 Å². The Morgan fingerprint density at radius 2 is 2.23 bits per heavy atom. The molecule has 8 heteroatoms. The van der Waals surface area contributed by atoms with E-state index in [0.29, 0.717) is 31.3 Å². The van der Waals surface area contributed by atoms with Crippen LogP contribution in [0.5, 0.6) is 5.75 Å². The number of anilines is 1. The summed E-state index contributed by atoms with van der Waals surface area (Å²) in [6.45, 7) is 4.24. The minimum atomic E-state index is -0.249. The van der Waals surface area contributed by atoms with Crippen LogP contribution in [-0.4, -0.2) is 64.2 Å². The van der Waals surface area contributed by atoms with E-state index in [9.17, 15) is 9.90 Å². The van der Waals surface area contributed by atoms with Crippen LogP contribution in [0.4, 0.5) is 5.82 Å². The fourth-order valence-electron chi connectivity index (χ4n) is 2.84. The van der Waals surface area contributed by atoms with Crippen LogP contribution in [0.15, 0.2) is 24.7 Å². The van der Waals surface area contributed by atoms with Crippen molar-refractivity contribution in [2.75, 3.05) is 38.7 Å². The molecule has 3 heterocycles. The summed E-state index contributed by atoms with van der Waals surface area (Å²) in [4.78, 5) is 26.5. The number of ether oxygens (including phenoxy) is 1. The van der Waals surface area contributed by atoms with Crippen molar-refractivity contribution >= 4 is 11.7 Å². The first-order valence-corrected chi connectivity index (χ1v) is 8.59. The van der Waals surface area contributed by atoms with Gasteiger partial charge in [0.15, 0.2) is 0 Å². The van der Waals surface area contributed by atoms with Crippen LogP contribution in [-0.2, 0) is 4.74 Å². The Bertz CT molecular complexity index is 777. The molecule has 0 aliphatic carbocycles. The molecule has 1 atom stereocenters. The largest absolute Gasteiger partial charge is 0.505 e. The predicted octanol–water partition coefficient (Wildman–Crippen LogP) is 1.57. The van der Waals surface area contributed by atoms with Crippen molar-refractivity contribution in [1.82, 2.24) is 19.9 Å². The van der Waals surface area contributed by atoms with Crippen LogP contribution in [0.1, 0.15) is 34.1 Å². The maximum Gasteiger partial charge on any atom is 0.257 e. The van der Waals surface area contributed by atoms with Crippen molar-refractivity contribution in [2.45, 2.75) is 19.3 Å². The first kappa shape index (κ1) is 18.1. The second-order valence-corrected chi connectivity index (χ2v) is 6.38. The number of likely N-dealkylation sites (N-methyl/N-ethyl adjacent to an activating group) is 1. The molecule has 2 aromatic rings. The van der Waals surface area contributed by atoms with Gasteiger partial charge in [-0.2, -0.15) is 0 Å². The van der Waals surface area contributed by atoms with Gasteiger partial charge in [-0.05, 0) is 19.4 Å². The SMILES string of the molecule is Cc1cc(C(=O)N(C)CCNc2cc([C@H]3CCOC3)ncn2)c(O)cn1. The number of carbonyl (C=O) groups excluding carboxylic acids is 1. The number of aromatic nitrogens is 3. The lowest BCUT2D eigenvalue weighted by Crippen LogP contribution is -2.31. The number of rotatable bonds is 6. The zero-order chi connectivity index (χ0) is 18.5. The van der Waals surface area contributed by atoms with Crippen LogP contribution in [0.3, 0.4) is 0 Å². The molecule has 1 aliphatic heterocycles. The average molecular weight is 357 g/mol. The first-order chi connectivity index (χ1) is 12.5. The van der Waals surface area contributed by atoms with Gasteiger partial charge in [-0.25, -0.2) is 9.97 Å². The van der Waals surface area contributed by atoms with Gasteiger partial charge in [0.05, 0.1) is 24.1 Å². The van der Waals surface area contributed by atoms with Gasteiger partial charge >= 0.3 is 0 Å². The van der Waals surface area contributed by atoms with Gasteiger partial charge in [0, 0.05) is 44.4 Å². The monoisotopic (exact) mass is 357 g/mol. The third kappa shape index (κ3) is 4.26. The second kappa shape index (κ2) is 8.09. The molecule has 26 heavy (non-hydrogen) atoms. The standard InChI is InChI=1S/C18H23N5O3/c1-12-7-14(16(24)9-20-12)18(25)23(2)5-4-19-17-8-15(21-11-22-17)13-3-6-26-10-13/h7-9,11,13,24H,3-6,10H2,1-2H3,(H,19,21,22)/t13-/m0/s1. The summed E-state index contributed by atoms with van der Waals surface area (Å²) in [6, 6.07) is 3.52. The van der Waals surface area contributed by atoms with Gasteiger partial charge in [-0.15, -0.1) is 0 Å². The maximum absolute atomic E-state index is 12.5. The number of hydrogen-bond acceptors (Lipinski definition) is 7. The lowest BCUT2D eigenvalue weighted by molar-refractivity contribution is 0.0797. The number of aromatic hydroxyl groups is 1. The molecule has 3 rings (SSSR count). The Balaban J connectivity index is 1.55. The maximum atomic E-state index is 12.5. The molecule has 1 fully saturated rings. The van der Waals surface area contributed by atoms with Gasteiger partial charge in [0.2, 0.25) is 0 Å². The van der Waals surface area contributed by atoms with E-state index >= 15 is 0 Å². The van der Waals surface area contributed by atoms with Crippen molar-refractivity contribution < 1.29 is 14.6 Å². The van der Waals surface area contributed by atoms with E-state index in [-0.39, 0.29) is 17.2 Å². The summed E-state index contributed by atoms with van der Waals surface area (Å²) >= 11 is 0. The molecule has 0 unspecified atom stereocenters. The number of aryl methyl sites for hydroxylation is 1. The van der Waals surface area contributed by atoms with Gasteiger partial charge in [-0.3, -0.25) is 9.78 Å². The van der Waals surface area contributed by atoms with E-state index in [2.05, 4.69) is 20.3 Å².